The van der Waals surface area contributed by atoms with Crippen molar-refractivity contribution in [3.8, 4) is 89.0 Å². The third kappa shape index (κ3) is 11.9. The maximum absolute atomic E-state index is 6.37. The minimum atomic E-state index is 0.868. The third-order valence-corrected chi connectivity index (χ3v) is 25.5. The van der Waals surface area contributed by atoms with E-state index in [1.165, 1.54) is 152 Å². The van der Waals surface area contributed by atoms with E-state index in [-0.39, 0.29) is 0 Å². The fraction of sp³-hybridized carbons (Fsp3) is 0. The average molecular weight is 1520 g/mol. The van der Waals surface area contributed by atoms with Crippen molar-refractivity contribution in [2.75, 3.05) is 9.80 Å². The van der Waals surface area contributed by atoms with Crippen LogP contribution in [0.3, 0.4) is 0 Å². The molecule has 0 radical (unpaired) electrons. The van der Waals surface area contributed by atoms with Gasteiger partial charge >= 0.3 is 0 Å². The number of nitrogens with zero attached hydrogens (tertiary/aromatic N) is 2. The number of anilines is 6. The van der Waals surface area contributed by atoms with Crippen LogP contribution in [-0.4, -0.2) is 0 Å². The molecule has 23 aromatic rings. The van der Waals surface area contributed by atoms with E-state index in [2.05, 4.69) is 434 Å². The van der Waals surface area contributed by atoms with Crippen LogP contribution in [-0.2, 0) is 0 Å². The smallest absolute Gasteiger partial charge is 0.135 e. The molecule has 0 saturated heterocycles. The first kappa shape index (κ1) is 68.4. The highest BCUT2D eigenvalue weighted by Crippen LogP contribution is 2.48. The van der Waals surface area contributed by atoms with Crippen LogP contribution in [0.4, 0.5) is 34.1 Å². The van der Waals surface area contributed by atoms with E-state index in [1.54, 1.807) is 0 Å². The molecule has 4 heteroatoms. The van der Waals surface area contributed by atoms with Crippen molar-refractivity contribution in [2.24, 2.45) is 0 Å². The van der Waals surface area contributed by atoms with Gasteiger partial charge in [0.25, 0.3) is 0 Å². The van der Waals surface area contributed by atoms with E-state index in [0.717, 1.165) is 78.3 Å². The summed E-state index contributed by atoms with van der Waals surface area (Å²) in [4.78, 5) is 4.76. The summed E-state index contributed by atoms with van der Waals surface area (Å²) >= 11 is 1.87. The number of hydrogen-bond donors (Lipinski definition) is 0. The van der Waals surface area contributed by atoms with Gasteiger partial charge in [-0.2, -0.15) is 0 Å². The topological polar surface area (TPSA) is 19.6 Å². The fourth-order valence-corrected chi connectivity index (χ4v) is 19.8. The maximum atomic E-state index is 6.37. The standard InChI is InChI=1S/C114H72N2OS/c1-3-26-92-75(19-1)21-15-34-93(92)81-24-13-22-79(67-81)73-45-55-86(56-46-73)115(87-59-49-76(50-60-87)97-37-18-40-106-105-33-10-12-42-113(105)118-114(97)106)88-61-51-78(52-62-88)108-71-85-44-43-84(70-109(85)103-31-8-7-30-102(103)108)96-36-17-38-99-95(35-16-39-100(96)99)82-25-14-23-80(68-82)74-47-57-89(58-48-74)116(91-65-66-112-110(72-91)104-32-9-11-41-111(104)117-112)90-63-53-77(54-64-90)107-69-83-20-2-4-27-94(83)98-28-5-6-29-101(98)107/h1-72H. The van der Waals surface area contributed by atoms with Crippen molar-refractivity contribution in [2.45, 2.75) is 0 Å². The van der Waals surface area contributed by atoms with Crippen molar-refractivity contribution in [1.29, 1.82) is 0 Å². The molecule has 0 aliphatic carbocycles. The van der Waals surface area contributed by atoms with Gasteiger partial charge in [0.05, 0.1) is 0 Å². The molecule has 0 fully saturated rings. The molecule has 550 valence electrons. The molecule has 2 heterocycles. The van der Waals surface area contributed by atoms with Gasteiger partial charge in [-0.1, -0.05) is 315 Å². The van der Waals surface area contributed by atoms with Gasteiger partial charge in [-0.05, 0) is 275 Å². The summed E-state index contributed by atoms with van der Waals surface area (Å²) in [6.07, 6.45) is 0. The van der Waals surface area contributed by atoms with E-state index in [4.69, 9.17) is 4.42 Å². The SMILES string of the molecule is c1cc(-c2ccc(N(c3ccc(-c4cc5ccc(-c6cccc7c(-c8cccc(-c9ccc(N(c%10ccc(-c%11cc%12ccccc%12c%12ccccc%11%12)cc%10)c%10ccc%11oc%12ccccc%12c%11c%10)cc9)c8)cccc67)cc5c5ccccc45)cc3)c3ccc(-c4cccc5c4sc4ccccc45)cc3)cc2)cc(-c2cccc3ccccc23)c1. The molecular formula is C114H72N2OS. The summed E-state index contributed by atoms with van der Waals surface area (Å²) in [6, 6.07) is 161. The summed E-state index contributed by atoms with van der Waals surface area (Å²) in [6.45, 7) is 0. The summed E-state index contributed by atoms with van der Waals surface area (Å²) < 4.78 is 8.99. The Kier molecular flexibility index (Phi) is 16.5. The van der Waals surface area contributed by atoms with E-state index >= 15 is 0 Å². The summed E-state index contributed by atoms with van der Waals surface area (Å²) in [5.41, 5.74) is 27.2. The second-order valence-corrected chi connectivity index (χ2v) is 32.0. The van der Waals surface area contributed by atoms with Crippen molar-refractivity contribution in [1.82, 2.24) is 0 Å². The quantitative estimate of drug-likeness (QED) is 0.101. The molecule has 0 aliphatic rings. The molecule has 0 N–H and O–H groups in total. The third-order valence-electron chi connectivity index (χ3n) is 24.2. The van der Waals surface area contributed by atoms with E-state index in [9.17, 15) is 0 Å². The average Bonchev–Trinajstić information content (AvgIpc) is 0.768. The van der Waals surface area contributed by atoms with Crippen LogP contribution in [0.5, 0.6) is 0 Å². The number of rotatable bonds is 14. The first-order chi connectivity index (χ1) is 58.5. The lowest BCUT2D eigenvalue weighted by molar-refractivity contribution is 0.669. The second kappa shape index (κ2) is 28.4. The minimum Gasteiger partial charge on any atom is -0.456 e. The lowest BCUT2D eigenvalue weighted by Gasteiger charge is -2.26. The number of para-hydroxylation sites is 1. The molecule has 23 rings (SSSR count). The van der Waals surface area contributed by atoms with Crippen LogP contribution >= 0.6 is 11.3 Å². The molecule has 2 aromatic heterocycles. The zero-order valence-corrected chi connectivity index (χ0v) is 65.1. The number of benzene rings is 21. The Labute approximate surface area is 687 Å². The first-order valence-electron chi connectivity index (χ1n) is 40.5. The van der Waals surface area contributed by atoms with Crippen LogP contribution in [0.2, 0.25) is 0 Å². The Morgan fingerprint density at radius 3 is 1.10 bits per heavy atom. The molecular weight excluding hydrogens is 1450 g/mol. The molecule has 0 unspecified atom stereocenters. The molecule has 0 aliphatic heterocycles. The lowest BCUT2D eigenvalue weighted by atomic mass is 9.89. The summed E-state index contributed by atoms with van der Waals surface area (Å²) in [5.74, 6) is 0. The van der Waals surface area contributed by atoms with Gasteiger partial charge in [0, 0.05) is 65.1 Å². The van der Waals surface area contributed by atoms with Crippen LogP contribution < -0.4 is 9.80 Å². The van der Waals surface area contributed by atoms with Gasteiger partial charge in [0.1, 0.15) is 11.2 Å². The Balaban J connectivity index is 0.554. The lowest BCUT2D eigenvalue weighted by Crippen LogP contribution is -2.09. The minimum absolute atomic E-state index is 0.868. The molecule has 0 spiro atoms. The zero-order chi connectivity index (χ0) is 77.7. The van der Waals surface area contributed by atoms with Crippen molar-refractivity contribution in [3.63, 3.8) is 0 Å². The van der Waals surface area contributed by atoms with Gasteiger partial charge in [0.15, 0.2) is 0 Å². The van der Waals surface area contributed by atoms with Gasteiger partial charge in [-0.15, -0.1) is 11.3 Å². The first-order valence-corrected chi connectivity index (χ1v) is 41.3. The van der Waals surface area contributed by atoms with Crippen molar-refractivity contribution < 1.29 is 4.42 Å². The predicted octanol–water partition coefficient (Wildman–Crippen LogP) is 33.1. The van der Waals surface area contributed by atoms with Crippen molar-refractivity contribution in [3.05, 3.63) is 437 Å². The number of hydrogen-bond acceptors (Lipinski definition) is 4. The molecule has 21 aromatic carbocycles. The highest BCUT2D eigenvalue weighted by Gasteiger charge is 2.22. The summed E-state index contributed by atoms with van der Waals surface area (Å²) in [7, 11) is 0. The van der Waals surface area contributed by atoms with Crippen molar-refractivity contribution >= 4 is 152 Å². The normalized spacial score (nSPS) is 11.7. The van der Waals surface area contributed by atoms with E-state index in [1.807, 2.05) is 23.5 Å². The fourth-order valence-electron chi connectivity index (χ4n) is 18.5. The second-order valence-electron chi connectivity index (χ2n) is 31.0. The zero-order valence-electron chi connectivity index (χ0n) is 64.3. The van der Waals surface area contributed by atoms with Gasteiger partial charge < -0.3 is 14.2 Å². The maximum Gasteiger partial charge on any atom is 0.135 e. The van der Waals surface area contributed by atoms with E-state index < -0.39 is 0 Å². The Bertz CT molecular complexity index is 7910. The molecule has 3 nitrogen and oxygen atoms in total. The van der Waals surface area contributed by atoms with Gasteiger partial charge in [-0.25, -0.2) is 0 Å². The number of fused-ring (bicyclic) bond motifs is 14. The highest BCUT2D eigenvalue weighted by atomic mass is 32.1. The molecule has 0 saturated carbocycles. The van der Waals surface area contributed by atoms with Gasteiger partial charge in [0.2, 0.25) is 0 Å². The van der Waals surface area contributed by atoms with Crippen LogP contribution in [0.1, 0.15) is 0 Å². The van der Waals surface area contributed by atoms with Gasteiger partial charge in [-0.3, -0.25) is 0 Å². The van der Waals surface area contributed by atoms with Crippen LogP contribution in [0.25, 0.3) is 196 Å². The predicted molar refractivity (Wildman–Crippen MR) is 504 cm³/mol. The molecule has 0 atom stereocenters. The Morgan fingerprint density at radius 2 is 0.517 bits per heavy atom. The monoisotopic (exact) mass is 1520 g/mol. The largest absolute Gasteiger partial charge is 0.456 e. The molecule has 0 amide bonds. The van der Waals surface area contributed by atoms with Crippen LogP contribution in [0, 0.1) is 0 Å². The number of thiophene rings is 1. The number of furan rings is 1. The van der Waals surface area contributed by atoms with Crippen LogP contribution in [0.15, 0.2) is 441 Å². The Hall–Kier alpha value is -15.2. The highest BCUT2D eigenvalue weighted by molar-refractivity contribution is 7.26. The molecule has 0 bridgehead atoms. The molecule has 118 heavy (non-hydrogen) atoms. The summed E-state index contributed by atoms with van der Waals surface area (Å²) in [5, 5.41) is 19.6. The van der Waals surface area contributed by atoms with E-state index in [0.29, 0.717) is 0 Å². The Morgan fingerprint density at radius 1 is 0.161 bits per heavy atom.